The first kappa shape index (κ1) is 18.0. The molecule has 2 aromatic rings. The molecule has 0 spiro atoms. The van der Waals surface area contributed by atoms with Crippen molar-refractivity contribution in [2.24, 2.45) is 0 Å². The van der Waals surface area contributed by atoms with Crippen molar-refractivity contribution in [3.8, 4) is 0 Å². The zero-order valence-electron chi connectivity index (χ0n) is 14.5. The van der Waals surface area contributed by atoms with Gasteiger partial charge in [-0.2, -0.15) is 0 Å². The SMILES string of the molecule is CC1=C(C(=O)OCc2ccccc2)[C@@H](c2ccccc2Cl)NC(=O)N1C. The maximum Gasteiger partial charge on any atom is 0.338 e. The molecule has 2 aromatic carbocycles. The largest absolute Gasteiger partial charge is 0.457 e. The molecule has 2 amide bonds. The number of ether oxygens (including phenoxy) is 1. The third-order valence-corrected chi connectivity index (χ3v) is 4.75. The summed E-state index contributed by atoms with van der Waals surface area (Å²) in [4.78, 5) is 26.5. The summed E-state index contributed by atoms with van der Waals surface area (Å²) in [7, 11) is 1.61. The third kappa shape index (κ3) is 3.58. The molecule has 0 unspecified atom stereocenters. The Morgan fingerprint density at radius 2 is 1.81 bits per heavy atom. The number of benzene rings is 2. The zero-order valence-corrected chi connectivity index (χ0v) is 15.3. The molecule has 0 bridgehead atoms. The lowest BCUT2D eigenvalue weighted by Crippen LogP contribution is -2.46. The van der Waals surface area contributed by atoms with Crippen LogP contribution in [-0.2, 0) is 16.1 Å². The summed E-state index contributed by atoms with van der Waals surface area (Å²) in [6, 6.07) is 15.6. The number of allylic oxidation sites excluding steroid dienone is 1. The molecule has 1 aliphatic rings. The Kier molecular flexibility index (Phi) is 5.28. The van der Waals surface area contributed by atoms with E-state index in [1.54, 1.807) is 32.2 Å². The Morgan fingerprint density at radius 3 is 2.50 bits per heavy atom. The second kappa shape index (κ2) is 7.62. The number of urea groups is 1. The number of hydrogen-bond donors (Lipinski definition) is 1. The smallest absolute Gasteiger partial charge is 0.338 e. The van der Waals surface area contributed by atoms with Gasteiger partial charge < -0.3 is 15.0 Å². The van der Waals surface area contributed by atoms with E-state index in [-0.39, 0.29) is 12.6 Å². The number of carbonyl (C=O) groups is 2. The molecule has 1 atom stereocenters. The van der Waals surface area contributed by atoms with E-state index in [0.717, 1.165) is 5.56 Å². The quantitative estimate of drug-likeness (QED) is 0.826. The number of rotatable bonds is 4. The van der Waals surface area contributed by atoms with Gasteiger partial charge in [0.1, 0.15) is 6.61 Å². The summed E-state index contributed by atoms with van der Waals surface area (Å²) in [5.41, 5.74) is 2.45. The predicted molar refractivity (Wildman–Crippen MR) is 99.4 cm³/mol. The topological polar surface area (TPSA) is 58.6 Å². The van der Waals surface area contributed by atoms with Gasteiger partial charge in [0.25, 0.3) is 0 Å². The summed E-state index contributed by atoms with van der Waals surface area (Å²) in [6.45, 7) is 1.88. The van der Waals surface area contributed by atoms with Crippen LogP contribution in [-0.4, -0.2) is 23.9 Å². The van der Waals surface area contributed by atoms with Gasteiger partial charge in [-0.05, 0) is 24.1 Å². The maximum absolute atomic E-state index is 12.8. The van der Waals surface area contributed by atoms with E-state index in [2.05, 4.69) is 5.32 Å². The molecule has 0 aliphatic carbocycles. The minimum absolute atomic E-state index is 0.156. The molecular weight excluding hydrogens is 352 g/mol. The van der Waals surface area contributed by atoms with Crippen molar-refractivity contribution >= 4 is 23.6 Å². The van der Waals surface area contributed by atoms with E-state index in [1.165, 1.54) is 4.90 Å². The molecule has 26 heavy (non-hydrogen) atoms. The minimum Gasteiger partial charge on any atom is -0.457 e. The van der Waals surface area contributed by atoms with Crippen LogP contribution >= 0.6 is 11.6 Å². The zero-order chi connectivity index (χ0) is 18.7. The van der Waals surface area contributed by atoms with Crippen LogP contribution in [0.4, 0.5) is 4.79 Å². The number of nitrogens with one attached hydrogen (secondary N) is 1. The van der Waals surface area contributed by atoms with Crippen molar-refractivity contribution in [2.75, 3.05) is 7.05 Å². The summed E-state index contributed by atoms with van der Waals surface area (Å²) in [5, 5.41) is 3.30. The minimum atomic E-state index is -0.657. The van der Waals surface area contributed by atoms with Gasteiger partial charge in [-0.3, -0.25) is 0 Å². The number of esters is 1. The number of halogens is 1. The molecule has 6 heteroatoms. The molecule has 1 heterocycles. The summed E-state index contributed by atoms with van der Waals surface area (Å²) < 4.78 is 5.50. The van der Waals surface area contributed by atoms with Crippen LogP contribution in [0.5, 0.6) is 0 Å². The predicted octanol–water partition coefficient (Wildman–Crippen LogP) is 4.05. The lowest BCUT2D eigenvalue weighted by Gasteiger charge is -2.33. The molecule has 1 aliphatic heterocycles. The third-order valence-electron chi connectivity index (χ3n) is 4.40. The van der Waals surface area contributed by atoms with E-state index in [4.69, 9.17) is 16.3 Å². The molecule has 3 rings (SSSR count). The Hall–Kier alpha value is -2.79. The van der Waals surface area contributed by atoms with Crippen LogP contribution < -0.4 is 5.32 Å². The van der Waals surface area contributed by atoms with E-state index < -0.39 is 12.0 Å². The van der Waals surface area contributed by atoms with Gasteiger partial charge in [-0.25, -0.2) is 9.59 Å². The monoisotopic (exact) mass is 370 g/mol. The van der Waals surface area contributed by atoms with Crippen LogP contribution in [0, 0.1) is 0 Å². The molecule has 1 N–H and O–H groups in total. The molecule has 0 fully saturated rings. The van der Waals surface area contributed by atoms with Crippen molar-refractivity contribution in [1.82, 2.24) is 10.2 Å². The Morgan fingerprint density at radius 1 is 1.15 bits per heavy atom. The fourth-order valence-corrected chi connectivity index (χ4v) is 3.09. The molecule has 0 radical (unpaired) electrons. The van der Waals surface area contributed by atoms with Gasteiger partial charge in [0, 0.05) is 17.8 Å². The maximum atomic E-state index is 12.8. The Bertz CT molecular complexity index is 864. The van der Waals surface area contributed by atoms with Crippen LogP contribution in [0.2, 0.25) is 5.02 Å². The second-order valence-corrected chi connectivity index (χ2v) is 6.43. The first-order valence-corrected chi connectivity index (χ1v) is 8.57. The summed E-state index contributed by atoms with van der Waals surface area (Å²) in [6.07, 6.45) is 0. The average Bonchev–Trinajstić information content (AvgIpc) is 2.65. The Balaban J connectivity index is 1.92. The average molecular weight is 371 g/mol. The molecule has 134 valence electrons. The first-order valence-electron chi connectivity index (χ1n) is 8.19. The second-order valence-electron chi connectivity index (χ2n) is 6.02. The van der Waals surface area contributed by atoms with E-state index in [9.17, 15) is 9.59 Å². The first-order chi connectivity index (χ1) is 12.5. The molecule has 0 aromatic heterocycles. The Labute approximate surface area is 157 Å². The van der Waals surface area contributed by atoms with Crippen LogP contribution in [0.15, 0.2) is 65.9 Å². The van der Waals surface area contributed by atoms with Crippen molar-refractivity contribution in [1.29, 1.82) is 0 Å². The van der Waals surface area contributed by atoms with E-state index >= 15 is 0 Å². The van der Waals surface area contributed by atoms with Crippen molar-refractivity contribution < 1.29 is 14.3 Å². The van der Waals surface area contributed by atoms with Crippen LogP contribution in [0.25, 0.3) is 0 Å². The molecule has 5 nitrogen and oxygen atoms in total. The van der Waals surface area contributed by atoms with Gasteiger partial charge in [0.05, 0.1) is 11.6 Å². The number of hydrogen-bond acceptors (Lipinski definition) is 3. The molecule has 0 saturated heterocycles. The highest BCUT2D eigenvalue weighted by atomic mass is 35.5. The fourth-order valence-electron chi connectivity index (χ4n) is 2.84. The normalized spacial score (nSPS) is 17.1. The van der Waals surface area contributed by atoms with Gasteiger partial charge in [-0.15, -0.1) is 0 Å². The van der Waals surface area contributed by atoms with Crippen LogP contribution in [0.3, 0.4) is 0 Å². The van der Waals surface area contributed by atoms with Gasteiger partial charge >= 0.3 is 12.0 Å². The number of carbonyl (C=O) groups excluding carboxylic acids is 2. The molecular formula is C20H19ClN2O3. The van der Waals surface area contributed by atoms with Gasteiger partial charge in [0.15, 0.2) is 0 Å². The standard InChI is InChI=1S/C20H19ClN2O3/c1-13-17(19(24)26-12-14-8-4-3-5-9-14)18(22-20(25)23(13)2)15-10-6-7-11-16(15)21/h3-11,18H,12H2,1-2H3,(H,22,25)/t18-/m1/s1. The van der Waals surface area contributed by atoms with E-state index in [1.807, 2.05) is 36.4 Å². The van der Waals surface area contributed by atoms with Crippen molar-refractivity contribution in [2.45, 2.75) is 19.6 Å². The van der Waals surface area contributed by atoms with Crippen molar-refractivity contribution in [3.63, 3.8) is 0 Å². The van der Waals surface area contributed by atoms with Gasteiger partial charge in [-0.1, -0.05) is 60.1 Å². The number of amides is 2. The van der Waals surface area contributed by atoms with Crippen molar-refractivity contribution in [3.05, 3.63) is 82.0 Å². The van der Waals surface area contributed by atoms with Crippen LogP contribution in [0.1, 0.15) is 24.1 Å². The van der Waals surface area contributed by atoms with E-state index in [0.29, 0.717) is 21.9 Å². The lowest BCUT2D eigenvalue weighted by molar-refractivity contribution is -0.141. The lowest BCUT2D eigenvalue weighted by atomic mass is 9.95. The number of nitrogens with zero attached hydrogens (tertiary/aromatic N) is 1. The summed E-state index contributed by atoms with van der Waals surface area (Å²) in [5.74, 6) is -0.483. The van der Waals surface area contributed by atoms with Gasteiger partial charge in [0.2, 0.25) is 0 Å². The summed E-state index contributed by atoms with van der Waals surface area (Å²) >= 11 is 6.29. The highest BCUT2D eigenvalue weighted by Gasteiger charge is 2.35. The molecule has 0 saturated carbocycles. The highest BCUT2D eigenvalue weighted by Crippen LogP contribution is 2.34. The highest BCUT2D eigenvalue weighted by molar-refractivity contribution is 6.31. The fraction of sp³-hybridized carbons (Fsp3) is 0.200.